The third-order valence-corrected chi connectivity index (χ3v) is 8.49. The number of phenols is 1. The predicted octanol–water partition coefficient (Wildman–Crippen LogP) is 6.95. The van der Waals surface area contributed by atoms with Gasteiger partial charge in [-0.05, 0) is 58.7 Å². The van der Waals surface area contributed by atoms with Crippen LogP contribution < -0.4 is 9.47 Å². The van der Waals surface area contributed by atoms with Crippen LogP contribution in [0.3, 0.4) is 0 Å². The van der Waals surface area contributed by atoms with E-state index in [4.69, 9.17) is 9.47 Å². The Kier molecular flexibility index (Phi) is 6.10. The summed E-state index contributed by atoms with van der Waals surface area (Å²) >= 11 is 0. The van der Waals surface area contributed by atoms with Crippen LogP contribution in [0.5, 0.6) is 17.2 Å². The van der Waals surface area contributed by atoms with E-state index in [-0.39, 0.29) is 27.9 Å². The molecular formula is C32H24O5S. The lowest BCUT2D eigenvalue weighted by atomic mass is 9.95. The first-order valence-electron chi connectivity index (χ1n) is 12.2. The van der Waals surface area contributed by atoms with E-state index in [2.05, 4.69) is 0 Å². The van der Waals surface area contributed by atoms with Crippen molar-refractivity contribution in [2.45, 2.75) is 22.5 Å². The Morgan fingerprint density at radius 3 is 1.89 bits per heavy atom. The van der Waals surface area contributed by atoms with E-state index in [9.17, 15) is 13.5 Å². The zero-order valence-electron chi connectivity index (χ0n) is 20.3. The molecular weight excluding hydrogens is 496 g/mol. The van der Waals surface area contributed by atoms with Crippen molar-refractivity contribution in [1.29, 1.82) is 0 Å². The van der Waals surface area contributed by atoms with E-state index in [1.807, 2.05) is 60.7 Å². The number of sulfone groups is 1. The van der Waals surface area contributed by atoms with Gasteiger partial charge in [-0.15, -0.1) is 0 Å². The molecule has 5 nitrogen and oxygen atoms in total. The molecule has 1 aliphatic rings. The highest BCUT2D eigenvalue weighted by atomic mass is 32.2. The molecule has 0 aromatic heterocycles. The van der Waals surface area contributed by atoms with Gasteiger partial charge in [0, 0.05) is 5.56 Å². The van der Waals surface area contributed by atoms with Crippen molar-refractivity contribution in [3.05, 3.63) is 138 Å². The smallest absolute Gasteiger partial charge is 0.213 e. The predicted molar refractivity (Wildman–Crippen MR) is 145 cm³/mol. The van der Waals surface area contributed by atoms with E-state index in [1.165, 1.54) is 0 Å². The Bertz CT molecular complexity index is 1710. The Morgan fingerprint density at radius 2 is 1.18 bits per heavy atom. The van der Waals surface area contributed by atoms with Crippen LogP contribution in [-0.4, -0.2) is 13.5 Å². The monoisotopic (exact) mass is 520 g/mol. The lowest BCUT2D eigenvalue weighted by Gasteiger charge is -2.23. The minimum Gasteiger partial charge on any atom is -0.508 e. The molecule has 1 N–H and O–H groups in total. The number of ether oxygens (including phenoxy) is 2. The van der Waals surface area contributed by atoms with Crippen molar-refractivity contribution < 1.29 is 23.0 Å². The Morgan fingerprint density at radius 1 is 0.632 bits per heavy atom. The fourth-order valence-corrected chi connectivity index (χ4v) is 6.22. The number of aromatic hydroxyl groups is 1. The van der Waals surface area contributed by atoms with E-state index in [0.29, 0.717) is 5.75 Å². The molecule has 38 heavy (non-hydrogen) atoms. The second kappa shape index (κ2) is 9.72. The van der Waals surface area contributed by atoms with Crippen molar-refractivity contribution in [1.82, 2.24) is 0 Å². The van der Waals surface area contributed by atoms with Crippen LogP contribution in [-0.2, 0) is 16.4 Å². The maximum atomic E-state index is 13.8. The average Bonchev–Trinajstić information content (AvgIpc) is 2.97. The lowest BCUT2D eigenvalue weighted by Crippen LogP contribution is -2.14. The van der Waals surface area contributed by atoms with Crippen LogP contribution >= 0.6 is 0 Å². The summed E-state index contributed by atoms with van der Waals surface area (Å²) in [5, 5.41) is 9.63. The van der Waals surface area contributed by atoms with Gasteiger partial charge in [0.25, 0.3) is 0 Å². The summed E-state index contributed by atoms with van der Waals surface area (Å²) in [5.74, 6) is 0.784. The summed E-state index contributed by atoms with van der Waals surface area (Å²) in [6, 6.07) is 36.2. The van der Waals surface area contributed by atoms with Crippen LogP contribution in [0.1, 0.15) is 22.8 Å². The first-order valence-corrected chi connectivity index (χ1v) is 13.7. The van der Waals surface area contributed by atoms with Gasteiger partial charge in [0.1, 0.15) is 39.8 Å². The van der Waals surface area contributed by atoms with Crippen molar-refractivity contribution >= 4 is 9.84 Å². The summed E-state index contributed by atoms with van der Waals surface area (Å²) in [7, 11) is -3.93. The molecule has 0 aliphatic carbocycles. The summed E-state index contributed by atoms with van der Waals surface area (Å²) < 4.78 is 40.3. The third-order valence-electron chi connectivity index (χ3n) is 6.66. The van der Waals surface area contributed by atoms with Gasteiger partial charge in [0.15, 0.2) is 0 Å². The van der Waals surface area contributed by atoms with E-state index >= 15 is 0 Å². The molecule has 0 saturated carbocycles. The van der Waals surface area contributed by atoms with E-state index in [1.54, 1.807) is 60.7 Å². The van der Waals surface area contributed by atoms with Gasteiger partial charge in [0.05, 0.1) is 0 Å². The number of hydrogen-bond acceptors (Lipinski definition) is 5. The number of para-hydroxylation sites is 2. The molecule has 0 radical (unpaired) electrons. The largest absolute Gasteiger partial charge is 0.508 e. The normalized spacial score (nSPS) is 15.9. The zero-order valence-corrected chi connectivity index (χ0v) is 21.1. The van der Waals surface area contributed by atoms with E-state index in [0.717, 1.165) is 27.8 Å². The summed E-state index contributed by atoms with van der Waals surface area (Å²) in [5.41, 5.74) is 4.60. The van der Waals surface area contributed by atoms with Crippen LogP contribution in [0, 0.1) is 0 Å². The molecule has 1 unspecified atom stereocenters. The SMILES string of the molecule is O=S1(=O)c2ccccc2OCc2ccccc2C(c2ccc(-c3ccc(O)cc3)cc2)Oc2ccccc21. The molecule has 5 aromatic carbocycles. The van der Waals surface area contributed by atoms with Gasteiger partial charge < -0.3 is 14.6 Å². The Balaban J connectivity index is 1.50. The van der Waals surface area contributed by atoms with Crippen molar-refractivity contribution in [3.63, 3.8) is 0 Å². The molecule has 0 fully saturated rings. The maximum Gasteiger partial charge on any atom is 0.213 e. The number of phenolic OH excluding ortho intramolecular Hbond substituents is 1. The molecule has 1 heterocycles. The maximum absolute atomic E-state index is 13.8. The van der Waals surface area contributed by atoms with Crippen molar-refractivity contribution in [2.24, 2.45) is 0 Å². The van der Waals surface area contributed by atoms with Crippen molar-refractivity contribution in [3.8, 4) is 28.4 Å². The van der Waals surface area contributed by atoms with Gasteiger partial charge in [-0.3, -0.25) is 0 Å². The number of hydrogen-bond donors (Lipinski definition) is 1. The summed E-state index contributed by atoms with van der Waals surface area (Å²) in [6.07, 6.45) is -0.582. The second-order valence-electron chi connectivity index (χ2n) is 9.05. The van der Waals surface area contributed by atoms with Gasteiger partial charge in [-0.2, -0.15) is 0 Å². The first-order chi connectivity index (χ1) is 18.5. The van der Waals surface area contributed by atoms with Crippen LogP contribution in [0.25, 0.3) is 11.1 Å². The first kappa shape index (κ1) is 23.8. The van der Waals surface area contributed by atoms with Crippen LogP contribution in [0.4, 0.5) is 0 Å². The minimum absolute atomic E-state index is 0.0844. The molecule has 6 rings (SSSR count). The van der Waals surface area contributed by atoms with Gasteiger partial charge in [0.2, 0.25) is 9.84 Å². The topological polar surface area (TPSA) is 72.8 Å². The Labute approximate surface area is 221 Å². The highest BCUT2D eigenvalue weighted by Gasteiger charge is 2.29. The fourth-order valence-electron chi connectivity index (χ4n) is 4.70. The summed E-state index contributed by atoms with van der Waals surface area (Å²) in [4.78, 5) is 0.186. The highest BCUT2D eigenvalue weighted by molar-refractivity contribution is 7.91. The molecule has 0 saturated heterocycles. The van der Waals surface area contributed by atoms with Crippen LogP contribution in [0.15, 0.2) is 131 Å². The van der Waals surface area contributed by atoms with Crippen LogP contribution in [0.2, 0.25) is 0 Å². The standard InChI is InChI=1S/C32H24O5S/c33-26-19-17-23(18-20-26)22-13-15-24(16-14-22)32-27-8-2-1-7-25(27)21-36-28-9-3-5-11-30(28)38(34,35)31-12-6-4-10-29(31)37-32/h1-20,32-33H,21H2. The number of fused-ring (bicyclic) bond motifs is 3. The van der Waals surface area contributed by atoms with Gasteiger partial charge in [-0.1, -0.05) is 84.9 Å². The van der Waals surface area contributed by atoms with E-state index < -0.39 is 15.9 Å². The van der Waals surface area contributed by atoms with Gasteiger partial charge >= 0.3 is 0 Å². The molecule has 188 valence electrons. The zero-order chi connectivity index (χ0) is 26.1. The molecule has 1 aliphatic heterocycles. The molecule has 1 atom stereocenters. The average molecular weight is 521 g/mol. The quantitative estimate of drug-likeness (QED) is 0.273. The number of rotatable bonds is 2. The minimum atomic E-state index is -3.93. The second-order valence-corrected chi connectivity index (χ2v) is 10.9. The molecule has 0 amide bonds. The third kappa shape index (κ3) is 4.40. The Hall–Kier alpha value is -4.55. The fraction of sp³-hybridized carbons (Fsp3) is 0.0625. The molecule has 0 bridgehead atoms. The van der Waals surface area contributed by atoms with Gasteiger partial charge in [-0.25, -0.2) is 8.42 Å². The highest BCUT2D eigenvalue weighted by Crippen LogP contribution is 2.40. The number of benzene rings is 5. The summed E-state index contributed by atoms with van der Waals surface area (Å²) in [6.45, 7) is 0.185. The molecule has 5 aromatic rings. The van der Waals surface area contributed by atoms with Crippen molar-refractivity contribution in [2.75, 3.05) is 0 Å². The molecule has 0 spiro atoms. The molecule has 6 heteroatoms. The lowest BCUT2D eigenvalue weighted by molar-refractivity contribution is 0.235.